The summed E-state index contributed by atoms with van der Waals surface area (Å²) in [7, 11) is 0. The summed E-state index contributed by atoms with van der Waals surface area (Å²) in [6.07, 6.45) is 7.48. The van der Waals surface area contributed by atoms with Gasteiger partial charge in [-0.05, 0) is 36.8 Å². The largest absolute Gasteiger partial charge is 0.324 e. The number of nitrogens with zero attached hydrogens (tertiary/aromatic N) is 1. The van der Waals surface area contributed by atoms with Crippen molar-refractivity contribution in [2.24, 2.45) is 11.8 Å². The molecule has 2 saturated heterocycles. The highest BCUT2D eigenvalue weighted by atomic mass is 16.2. The molecular formula is C29H33N3O3. The molecule has 4 atom stereocenters. The van der Waals surface area contributed by atoms with Gasteiger partial charge < -0.3 is 5.32 Å². The smallest absolute Gasteiger partial charge is 0.250 e. The fraction of sp³-hybridized carbons (Fsp3) is 0.483. The third-order valence-corrected chi connectivity index (χ3v) is 8.74. The van der Waals surface area contributed by atoms with Gasteiger partial charge in [-0.25, -0.2) is 0 Å². The van der Waals surface area contributed by atoms with Gasteiger partial charge in [-0.3, -0.25) is 24.6 Å². The van der Waals surface area contributed by atoms with Crippen molar-refractivity contribution in [2.75, 3.05) is 5.32 Å². The van der Waals surface area contributed by atoms with E-state index in [0.717, 1.165) is 67.3 Å². The average molecular weight is 472 g/mol. The number of aryl methyl sites for hydroxylation is 1. The Morgan fingerprint density at radius 3 is 2.37 bits per heavy atom. The van der Waals surface area contributed by atoms with E-state index in [1.54, 1.807) is 4.90 Å². The predicted molar refractivity (Wildman–Crippen MR) is 134 cm³/mol. The zero-order valence-corrected chi connectivity index (χ0v) is 20.3. The Balaban J connectivity index is 1.46. The zero-order valence-electron chi connectivity index (χ0n) is 20.3. The molecule has 1 aliphatic carbocycles. The lowest BCUT2D eigenvalue weighted by atomic mass is 9.76. The normalized spacial score (nSPS) is 30.5. The molecule has 0 radical (unpaired) electrons. The summed E-state index contributed by atoms with van der Waals surface area (Å²) in [6, 6.07) is 15.6. The Morgan fingerprint density at radius 2 is 1.66 bits per heavy atom. The maximum atomic E-state index is 14.2. The molecule has 182 valence electrons. The molecule has 2 aromatic carbocycles. The van der Waals surface area contributed by atoms with Gasteiger partial charge in [-0.15, -0.1) is 0 Å². The monoisotopic (exact) mass is 471 g/mol. The Bertz CT molecular complexity index is 1170. The van der Waals surface area contributed by atoms with Crippen molar-refractivity contribution in [1.82, 2.24) is 10.2 Å². The van der Waals surface area contributed by atoms with E-state index in [0.29, 0.717) is 6.42 Å². The number of imide groups is 1. The van der Waals surface area contributed by atoms with Crippen molar-refractivity contribution in [3.05, 3.63) is 65.2 Å². The highest BCUT2D eigenvalue weighted by molar-refractivity contribution is 6.15. The number of carbonyl (C=O) groups is 3. The Kier molecular flexibility index (Phi) is 5.52. The lowest BCUT2D eigenvalue weighted by Crippen LogP contribution is -2.54. The number of fused-ring (bicyclic) bond motifs is 4. The molecule has 35 heavy (non-hydrogen) atoms. The first-order valence-corrected chi connectivity index (χ1v) is 13.2. The first-order chi connectivity index (χ1) is 17.1. The fourth-order valence-corrected chi connectivity index (χ4v) is 7.13. The van der Waals surface area contributed by atoms with Gasteiger partial charge in [0.15, 0.2) is 0 Å². The van der Waals surface area contributed by atoms with Crippen LogP contribution in [0.5, 0.6) is 0 Å². The van der Waals surface area contributed by atoms with E-state index >= 15 is 0 Å². The minimum absolute atomic E-state index is 0.0524. The summed E-state index contributed by atoms with van der Waals surface area (Å²) in [5.74, 6) is -1.74. The van der Waals surface area contributed by atoms with E-state index < -0.39 is 17.4 Å². The number of likely N-dealkylation sites (tertiary alicyclic amines) is 1. The minimum atomic E-state index is -1.21. The maximum Gasteiger partial charge on any atom is 0.250 e. The van der Waals surface area contributed by atoms with E-state index in [1.807, 2.05) is 48.5 Å². The summed E-state index contributed by atoms with van der Waals surface area (Å²) >= 11 is 0. The van der Waals surface area contributed by atoms with E-state index in [-0.39, 0.29) is 29.8 Å². The summed E-state index contributed by atoms with van der Waals surface area (Å²) in [5, 5.41) is 6.69. The molecule has 3 fully saturated rings. The van der Waals surface area contributed by atoms with Gasteiger partial charge in [-0.2, -0.15) is 0 Å². The first kappa shape index (κ1) is 22.5. The van der Waals surface area contributed by atoms with E-state index in [9.17, 15) is 14.4 Å². The number of carbonyl (C=O) groups excluding carboxylic acids is 3. The molecule has 3 amide bonds. The third-order valence-electron chi connectivity index (χ3n) is 8.74. The molecule has 1 saturated carbocycles. The quantitative estimate of drug-likeness (QED) is 0.523. The van der Waals surface area contributed by atoms with Crippen molar-refractivity contribution in [2.45, 2.75) is 75.9 Å². The minimum Gasteiger partial charge on any atom is -0.324 e. The molecule has 0 bridgehead atoms. The van der Waals surface area contributed by atoms with Crippen LogP contribution < -0.4 is 10.6 Å². The van der Waals surface area contributed by atoms with Gasteiger partial charge in [-0.1, -0.05) is 81.1 Å². The summed E-state index contributed by atoms with van der Waals surface area (Å²) < 4.78 is 0. The number of rotatable bonds is 4. The number of anilines is 1. The molecule has 3 heterocycles. The Morgan fingerprint density at radius 1 is 0.914 bits per heavy atom. The lowest BCUT2D eigenvalue weighted by molar-refractivity contribution is -0.145. The third kappa shape index (κ3) is 3.29. The standard InChI is InChI=1S/C29H33N3O3/c1-2-19-13-10-16-21-25(19)30-28(35)29(21)24-23(22(31-29)17-18-11-6-5-7-12-18)26(33)32(27(24)34)20-14-8-3-4-9-15-20/h5-7,10-13,16,20,22-24,31H,2-4,8-9,14-15,17H2,1H3,(H,30,35)/t22-,23-,24+,29-/m1/s1. The molecule has 2 N–H and O–H groups in total. The van der Waals surface area contributed by atoms with Gasteiger partial charge >= 0.3 is 0 Å². The van der Waals surface area contributed by atoms with Crippen LogP contribution in [0.2, 0.25) is 0 Å². The van der Waals surface area contributed by atoms with Crippen LogP contribution in [-0.2, 0) is 32.8 Å². The van der Waals surface area contributed by atoms with E-state index in [4.69, 9.17) is 0 Å². The fourth-order valence-electron chi connectivity index (χ4n) is 7.13. The van der Waals surface area contributed by atoms with Crippen molar-refractivity contribution >= 4 is 23.4 Å². The van der Waals surface area contributed by atoms with Crippen LogP contribution >= 0.6 is 0 Å². The van der Waals surface area contributed by atoms with Gasteiger partial charge in [0.1, 0.15) is 5.54 Å². The molecule has 0 aromatic heterocycles. The van der Waals surface area contributed by atoms with E-state index in [2.05, 4.69) is 17.6 Å². The molecule has 6 heteroatoms. The number of benzene rings is 2. The topological polar surface area (TPSA) is 78.5 Å². The van der Waals surface area contributed by atoms with Crippen molar-refractivity contribution in [3.63, 3.8) is 0 Å². The van der Waals surface area contributed by atoms with Gasteiger partial charge in [0, 0.05) is 23.3 Å². The van der Waals surface area contributed by atoms with Crippen LogP contribution in [0.15, 0.2) is 48.5 Å². The number of hydrogen-bond donors (Lipinski definition) is 2. The van der Waals surface area contributed by atoms with E-state index in [1.165, 1.54) is 0 Å². The SMILES string of the molecule is CCc1cccc2c1NC(=O)[C@@]21N[C@H](Cc2ccccc2)[C@H]2C(=O)N(C3CCCCCC3)C(=O)[C@H]21. The molecule has 1 spiro atoms. The molecule has 3 aliphatic heterocycles. The summed E-state index contributed by atoms with van der Waals surface area (Å²) in [4.78, 5) is 43.6. The second kappa shape index (κ2) is 8.59. The molecular weight excluding hydrogens is 438 g/mol. The second-order valence-corrected chi connectivity index (χ2v) is 10.6. The number of para-hydroxylation sites is 1. The number of nitrogens with one attached hydrogen (secondary N) is 2. The van der Waals surface area contributed by atoms with Crippen molar-refractivity contribution in [1.29, 1.82) is 0 Å². The van der Waals surface area contributed by atoms with Crippen LogP contribution in [-0.4, -0.2) is 34.7 Å². The molecule has 6 rings (SSSR count). The Labute approximate surface area is 206 Å². The Hall–Kier alpha value is -2.99. The number of amides is 3. The van der Waals surface area contributed by atoms with Gasteiger partial charge in [0.2, 0.25) is 17.7 Å². The van der Waals surface area contributed by atoms with Crippen LogP contribution in [0.25, 0.3) is 0 Å². The van der Waals surface area contributed by atoms with Gasteiger partial charge in [0.05, 0.1) is 11.8 Å². The average Bonchev–Trinajstić information content (AvgIpc) is 3.33. The van der Waals surface area contributed by atoms with Crippen LogP contribution in [0, 0.1) is 11.8 Å². The zero-order chi connectivity index (χ0) is 24.2. The van der Waals surface area contributed by atoms with Crippen molar-refractivity contribution in [3.8, 4) is 0 Å². The summed E-state index contributed by atoms with van der Waals surface area (Å²) in [5.41, 5.74) is 2.55. The van der Waals surface area contributed by atoms with Crippen LogP contribution in [0.3, 0.4) is 0 Å². The highest BCUT2D eigenvalue weighted by Gasteiger charge is 2.70. The maximum absolute atomic E-state index is 14.2. The first-order valence-electron chi connectivity index (χ1n) is 13.2. The summed E-state index contributed by atoms with van der Waals surface area (Å²) in [6.45, 7) is 2.06. The molecule has 0 unspecified atom stereocenters. The van der Waals surface area contributed by atoms with Crippen LogP contribution in [0.4, 0.5) is 5.69 Å². The van der Waals surface area contributed by atoms with Gasteiger partial charge in [0.25, 0.3) is 0 Å². The molecule has 4 aliphatic rings. The predicted octanol–water partition coefficient (Wildman–Crippen LogP) is 3.93. The number of hydrogen-bond acceptors (Lipinski definition) is 4. The molecule has 6 nitrogen and oxygen atoms in total. The van der Waals surface area contributed by atoms with Crippen molar-refractivity contribution < 1.29 is 14.4 Å². The second-order valence-electron chi connectivity index (χ2n) is 10.6. The highest BCUT2D eigenvalue weighted by Crippen LogP contribution is 2.54. The molecule has 2 aromatic rings. The lowest BCUT2D eigenvalue weighted by Gasteiger charge is -2.32. The van der Waals surface area contributed by atoms with Crippen LogP contribution in [0.1, 0.15) is 62.1 Å².